The third-order valence-electron chi connectivity index (χ3n) is 9.71. The van der Waals surface area contributed by atoms with Crippen LogP contribution in [-0.2, 0) is 27.9 Å². The maximum absolute atomic E-state index is 12.1. The minimum absolute atomic E-state index is 0.0497. The van der Waals surface area contributed by atoms with E-state index in [1.54, 1.807) is 0 Å². The van der Waals surface area contributed by atoms with Gasteiger partial charge in [0, 0.05) is 19.4 Å². The zero-order valence-electron chi connectivity index (χ0n) is 37.0. The van der Waals surface area contributed by atoms with Crippen molar-refractivity contribution in [2.45, 2.75) is 206 Å². The highest BCUT2D eigenvalue weighted by Gasteiger charge is 2.23. The number of aliphatic hydroxyl groups excluding tert-OH is 1. The van der Waals surface area contributed by atoms with Gasteiger partial charge in [-0.25, -0.2) is 4.57 Å². The maximum Gasteiger partial charge on any atom is 0.472 e. The van der Waals surface area contributed by atoms with Crippen LogP contribution in [0, 0.1) is 0 Å². The van der Waals surface area contributed by atoms with Crippen LogP contribution in [0.25, 0.3) is 0 Å². The van der Waals surface area contributed by atoms with E-state index in [-0.39, 0.29) is 32.1 Å². The second-order valence-corrected chi connectivity index (χ2v) is 16.8. The lowest BCUT2D eigenvalue weighted by Gasteiger charge is -2.15. The third-order valence-corrected chi connectivity index (χ3v) is 10.7. The molecule has 0 bridgehead atoms. The van der Waals surface area contributed by atoms with E-state index >= 15 is 0 Å². The molecule has 0 aliphatic carbocycles. The van der Waals surface area contributed by atoms with Gasteiger partial charge in [0.05, 0.1) is 13.2 Å². The highest BCUT2D eigenvalue weighted by atomic mass is 31.2. The Bertz CT molecular complexity index is 1130. The standard InChI is InChI=1S/C48H86NO8P/c1-3-5-7-9-11-13-15-17-19-21-22-23-25-27-29-31-33-35-37-39-41-48(52)55-44-46(50)45-57-58(53,54)56-43-42-49-47(51)40-38-36-34-32-30-28-26-24-20-18-16-14-12-10-8-6-4-2/h6,8,12,14,18,20,26,28,32,34,46,50H,3-5,7,9-11,13,15-17,19,21-25,27,29-31,33,35-45H2,1-2H3,(H,49,51)(H,53,54)/b8-6-,14-12-,20-18-,28-26-,34-32-. The van der Waals surface area contributed by atoms with E-state index in [1.165, 1.54) is 109 Å². The summed E-state index contributed by atoms with van der Waals surface area (Å²) >= 11 is 0. The van der Waals surface area contributed by atoms with Gasteiger partial charge in [0.25, 0.3) is 0 Å². The summed E-state index contributed by atoms with van der Waals surface area (Å²) in [6.45, 7) is 3.38. The molecule has 3 N–H and O–H groups in total. The van der Waals surface area contributed by atoms with Crippen molar-refractivity contribution in [1.82, 2.24) is 5.32 Å². The van der Waals surface area contributed by atoms with Crippen LogP contribution < -0.4 is 5.32 Å². The highest BCUT2D eigenvalue weighted by Crippen LogP contribution is 2.42. The van der Waals surface area contributed by atoms with Crippen LogP contribution in [-0.4, -0.2) is 54.3 Å². The number of allylic oxidation sites excluding steroid dienone is 10. The molecular weight excluding hydrogens is 750 g/mol. The highest BCUT2D eigenvalue weighted by molar-refractivity contribution is 7.47. The predicted molar refractivity (Wildman–Crippen MR) is 243 cm³/mol. The van der Waals surface area contributed by atoms with E-state index in [2.05, 4.69) is 79.9 Å². The first-order chi connectivity index (χ1) is 28.3. The molecule has 0 saturated carbocycles. The van der Waals surface area contributed by atoms with Crippen molar-refractivity contribution in [3.05, 3.63) is 60.8 Å². The number of nitrogens with one attached hydrogen (secondary N) is 1. The molecule has 0 fully saturated rings. The van der Waals surface area contributed by atoms with Crippen molar-refractivity contribution in [3.8, 4) is 0 Å². The lowest BCUT2D eigenvalue weighted by atomic mass is 10.0. The van der Waals surface area contributed by atoms with E-state index < -0.39 is 26.5 Å². The van der Waals surface area contributed by atoms with Gasteiger partial charge < -0.3 is 20.1 Å². The van der Waals surface area contributed by atoms with Gasteiger partial charge in [-0.3, -0.25) is 18.6 Å². The topological polar surface area (TPSA) is 131 Å². The Balaban J connectivity index is 3.63. The van der Waals surface area contributed by atoms with Crippen LogP contribution in [0.2, 0.25) is 0 Å². The monoisotopic (exact) mass is 836 g/mol. The Kier molecular flexibility index (Phi) is 42.5. The van der Waals surface area contributed by atoms with Gasteiger partial charge in [0.1, 0.15) is 12.7 Å². The molecule has 336 valence electrons. The molecule has 9 nitrogen and oxygen atoms in total. The summed E-state index contributed by atoms with van der Waals surface area (Å²) in [6, 6.07) is 0. The van der Waals surface area contributed by atoms with Crippen molar-refractivity contribution < 1.29 is 37.9 Å². The van der Waals surface area contributed by atoms with Crippen LogP contribution in [0.15, 0.2) is 60.8 Å². The number of esters is 1. The number of unbranched alkanes of at least 4 members (excludes halogenated alkanes) is 20. The summed E-state index contributed by atoms with van der Waals surface area (Å²) in [6.07, 6.45) is 53.1. The molecule has 0 aliphatic heterocycles. The molecule has 2 unspecified atom stereocenters. The molecule has 10 heteroatoms. The summed E-state index contributed by atoms with van der Waals surface area (Å²) in [5.74, 6) is -0.573. The van der Waals surface area contributed by atoms with Gasteiger partial charge in [-0.15, -0.1) is 0 Å². The Morgan fingerprint density at radius 3 is 1.45 bits per heavy atom. The van der Waals surface area contributed by atoms with E-state index in [1.807, 2.05) is 0 Å². The van der Waals surface area contributed by atoms with Gasteiger partial charge >= 0.3 is 13.8 Å². The Morgan fingerprint density at radius 1 is 0.552 bits per heavy atom. The summed E-state index contributed by atoms with van der Waals surface area (Å²) < 4.78 is 26.9. The molecule has 2 atom stereocenters. The Morgan fingerprint density at radius 2 is 0.983 bits per heavy atom. The number of phosphoric ester groups is 1. The fraction of sp³-hybridized carbons (Fsp3) is 0.750. The SMILES string of the molecule is CC/C=C\C/C=C\C/C=C\C/C=C\C/C=C\CCCC(=O)NCCOP(=O)(O)OCC(O)COC(=O)CCCCCCCCCCCCCCCCCCCCCC. The zero-order chi connectivity index (χ0) is 42.5. The van der Waals surface area contributed by atoms with Crippen LogP contribution in [0.5, 0.6) is 0 Å². The molecule has 58 heavy (non-hydrogen) atoms. The van der Waals surface area contributed by atoms with E-state index in [4.69, 9.17) is 13.8 Å². The minimum Gasteiger partial charge on any atom is -0.463 e. The number of ether oxygens (including phenoxy) is 1. The van der Waals surface area contributed by atoms with Gasteiger partial charge in [-0.2, -0.15) is 0 Å². The van der Waals surface area contributed by atoms with Crippen LogP contribution >= 0.6 is 7.82 Å². The minimum atomic E-state index is -4.44. The largest absolute Gasteiger partial charge is 0.472 e. The van der Waals surface area contributed by atoms with Gasteiger partial charge in [0.15, 0.2) is 0 Å². The summed E-state index contributed by atoms with van der Waals surface area (Å²) in [4.78, 5) is 33.9. The normalized spacial score (nSPS) is 13.8. The predicted octanol–water partition coefficient (Wildman–Crippen LogP) is 13.3. The molecule has 0 aromatic rings. The molecule has 0 aromatic heterocycles. The number of phosphoric acid groups is 1. The molecule has 0 aliphatic rings. The summed E-state index contributed by atoms with van der Waals surface area (Å²) in [5.41, 5.74) is 0. The number of carbonyl (C=O) groups is 2. The van der Waals surface area contributed by atoms with Gasteiger partial charge in [-0.1, -0.05) is 197 Å². The van der Waals surface area contributed by atoms with Crippen LogP contribution in [0.3, 0.4) is 0 Å². The quantitative estimate of drug-likeness (QED) is 0.0239. The van der Waals surface area contributed by atoms with Crippen LogP contribution in [0.4, 0.5) is 0 Å². The molecule has 1 amide bonds. The van der Waals surface area contributed by atoms with Crippen LogP contribution in [0.1, 0.15) is 200 Å². The first-order valence-electron chi connectivity index (χ1n) is 23.3. The lowest BCUT2D eigenvalue weighted by molar-refractivity contribution is -0.147. The number of hydrogen-bond acceptors (Lipinski definition) is 7. The molecular formula is C48H86NO8P. The smallest absolute Gasteiger partial charge is 0.463 e. The van der Waals surface area contributed by atoms with E-state index in [9.17, 15) is 24.2 Å². The molecule has 0 spiro atoms. The molecule has 0 radical (unpaired) electrons. The Hall–Kier alpha value is -2.29. The van der Waals surface area contributed by atoms with Crippen molar-refractivity contribution in [3.63, 3.8) is 0 Å². The van der Waals surface area contributed by atoms with Crippen molar-refractivity contribution >= 4 is 19.7 Å². The first-order valence-corrected chi connectivity index (χ1v) is 24.8. The first kappa shape index (κ1) is 55.7. The number of hydrogen-bond donors (Lipinski definition) is 3. The van der Waals surface area contributed by atoms with Crippen molar-refractivity contribution in [1.29, 1.82) is 0 Å². The zero-order valence-corrected chi connectivity index (χ0v) is 37.9. The fourth-order valence-electron chi connectivity index (χ4n) is 6.24. The van der Waals surface area contributed by atoms with E-state index in [0.29, 0.717) is 12.8 Å². The number of rotatable bonds is 43. The van der Waals surface area contributed by atoms with Crippen molar-refractivity contribution in [2.24, 2.45) is 0 Å². The average molecular weight is 836 g/mol. The number of carbonyl (C=O) groups excluding carboxylic acids is 2. The summed E-state index contributed by atoms with van der Waals surface area (Å²) in [7, 11) is -4.44. The van der Waals surface area contributed by atoms with Crippen molar-refractivity contribution in [2.75, 3.05) is 26.4 Å². The third kappa shape index (κ3) is 44.8. The molecule has 0 aromatic carbocycles. The van der Waals surface area contributed by atoms with Gasteiger partial charge in [0.2, 0.25) is 5.91 Å². The fourth-order valence-corrected chi connectivity index (χ4v) is 7.00. The maximum atomic E-state index is 12.1. The number of amides is 1. The second kappa shape index (κ2) is 44.3. The average Bonchev–Trinajstić information content (AvgIpc) is 3.21. The molecule has 0 saturated heterocycles. The lowest BCUT2D eigenvalue weighted by Crippen LogP contribution is -2.27. The molecule has 0 rings (SSSR count). The van der Waals surface area contributed by atoms with E-state index in [0.717, 1.165) is 57.8 Å². The number of aliphatic hydroxyl groups is 1. The second-order valence-electron chi connectivity index (χ2n) is 15.4. The van der Waals surface area contributed by atoms with Gasteiger partial charge in [-0.05, 0) is 51.4 Å². The summed E-state index contributed by atoms with van der Waals surface area (Å²) in [5, 5.41) is 12.7. The Labute approximate surface area is 355 Å². The molecule has 0 heterocycles.